The van der Waals surface area contributed by atoms with Crippen molar-refractivity contribution in [2.24, 2.45) is 51.2 Å². The zero-order valence-electron chi connectivity index (χ0n) is 26.6. The van der Waals surface area contributed by atoms with Gasteiger partial charge in [-0.25, -0.2) is 4.79 Å². The largest absolute Gasteiger partial charge is 0.465 e. The fourth-order valence-electron chi connectivity index (χ4n) is 12.7. The summed E-state index contributed by atoms with van der Waals surface area (Å²) in [5.41, 5.74) is 5.52. The van der Waals surface area contributed by atoms with Crippen LogP contribution in [0.4, 0.5) is 0 Å². The second-order valence-electron chi connectivity index (χ2n) is 15.7. The van der Waals surface area contributed by atoms with Crippen molar-refractivity contribution in [3.8, 4) is 0 Å². The van der Waals surface area contributed by atoms with E-state index >= 15 is 0 Å². The van der Waals surface area contributed by atoms with Crippen molar-refractivity contribution in [1.82, 2.24) is 5.32 Å². The number of rotatable bonds is 6. The maximum absolute atomic E-state index is 12.0. The first-order chi connectivity index (χ1) is 19.3. The van der Waals surface area contributed by atoms with Gasteiger partial charge in [0.15, 0.2) is 0 Å². The summed E-state index contributed by atoms with van der Waals surface area (Å²) in [5.74, 6) is 3.00. The van der Waals surface area contributed by atoms with Crippen LogP contribution in [0.3, 0.4) is 0 Å². The molecule has 0 bridgehead atoms. The van der Waals surface area contributed by atoms with Gasteiger partial charge in [-0.1, -0.05) is 65.0 Å². The van der Waals surface area contributed by atoms with E-state index in [9.17, 15) is 9.90 Å². The number of aliphatic hydroxyl groups is 1. The first-order valence-corrected chi connectivity index (χ1v) is 16.2. The molecule has 4 nitrogen and oxygen atoms in total. The third-order valence-corrected chi connectivity index (χ3v) is 14.3. The molecule has 5 aliphatic carbocycles. The van der Waals surface area contributed by atoms with Gasteiger partial charge in [-0.2, -0.15) is 0 Å². The minimum Gasteiger partial charge on any atom is -0.465 e. The third kappa shape index (κ3) is 3.56. The Morgan fingerprint density at radius 2 is 1.73 bits per heavy atom. The summed E-state index contributed by atoms with van der Waals surface area (Å²) in [5, 5.41) is 14.0. The molecule has 5 aliphatic rings. The number of benzene rings is 1. The highest BCUT2D eigenvalue weighted by molar-refractivity contribution is 5.89. The summed E-state index contributed by atoms with van der Waals surface area (Å²) in [7, 11) is 1.44. The van der Waals surface area contributed by atoms with Gasteiger partial charge < -0.3 is 15.2 Å². The van der Waals surface area contributed by atoms with Gasteiger partial charge in [-0.05, 0) is 126 Å². The van der Waals surface area contributed by atoms with Gasteiger partial charge in [0.2, 0.25) is 0 Å². The molecule has 4 heteroatoms. The molecule has 4 fully saturated rings. The maximum atomic E-state index is 12.0. The van der Waals surface area contributed by atoms with Gasteiger partial charge in [-0.3, -0.25) is 0 Å². The zero-order valence-corrected chi connectivity index (χ0v) is 26.6. The first-order valence-electron chi connectivity index (χ1n) is 16.2. The van der Waals surface area contributed by atoms with Crippen LogP contribution in [-0.2, 0) is 4.74 Å². The highest BCUT2D eigenvalue weighted by Crippen LogP contribution is 2.82. The van der Waals surface area contributed by atoms with Gasteiger partial charge in [0, 0.05) is 12.1 Å². The van der Waals surface area contributed by atoms with E-state index in [0.29, 0.717) is 35.8 Å². The van der Waals surface area contributed by atoms with E-state index in [4.69, 9.17) is 4.74 Å². The molecule has 0 saturated heterocycles. The Balaban J connectivity index is 1.37. The SMILES string of the molecule is C=C(C)[C@@H]1CC[C@@]2(NCCO)C1[C@H]1CCC3[C@@]4(C)CC=C(c5ccc(C(=O)OC)cc5)C(C)(C)C4CC[C@@]3(C)C12C. The van der Waals surface area contributed by atoms with E-state index in [1.54, 1.807) is 0 Å². The van der Waals surface area contributed by atoms with Crippen molar-refractivity contribution in [1.29, 1.82) is 0 Å². The Bertz CT molecular complexity index is 1260. The number of β-amino-alcohol motifs (C(OH)–C–C–N with tert-alkyl or cyclic N) is 1. The monoisotopic (exact) mass is 559 g/mol. The number of fused-ring (bicyclic) bond motifs is 8. The van der Waals surface area contributed by atoms with Crippen molar-refractivity contribution < 1.29 is 14.6 Å². The van der Waals surface area contributed by atoms with E-state index in [1.807, 2.05) is 12.1 Å². The molecule has 4 unspecified atom stereocenters. The molecule has 1 aromatic carbocycles. The molecular weight excluding hydrogens is 506 g/mol. The summed E-state index contributed by atoms with van der Waals surface area (Å²) in [6, 6.07) is 8.06. The van der Waals surface area contributed by atoms with Gasteiger partial charge >= 0.3 is 5.97 Å². The molecule has 224 valence electrons. The Morgan fingerprint density at radius 1 is 1.02 bits per heavy atom. The van der Waals surface area contributed by atoms with Crippen LogP contribution in [0, 0.1) is 51.2 Å². The van der Waals surface area contributed by atoms with E-state index in [1.165, 1.54) is 62.3 Å². The minimum absolute atomic E-state index is 0.0479. The summed E-state index contributed by atoms with van der Waals surface area (Å²) in [4.78, 5) is 12.0. The second kappa shape index (κ2) is 9.55. The molecular formula is C37H53NO3. The maximum Gasteiger partial charge on any atom is 0.337 e. The van der Waals surface area contributed by atoms with Crippen LogP contribution in [0.25, 0.3) is 5.57 Å². The molecule has 2 N–H and O–H groups in total. The number of methoxy groups -OCH3 is 1. The van der Waals surface area contributed by atoms with Gasteiger partial charge in [0.05, 0.1) is 19.3 Å². The van der Waals surface area contributed by atoms with E-state index in [0.717, 1.165) is 12.3 Å². The number of nitrogens with one attached hydrogen (secondary N) is 1. The lowest BCUT2D eigenvalue weighted by Gasteiger charge is -2.80. The van der Waals surface area contributed by atoms with Crippen LogP contribution >= 0.6 is 0 Å². The molecule has 9 atom stereocenters. The van der Waals surface area contributed by atoms with Gasteiger partial charge in [0.1, 0.15) is 0 Å². The number of carbonyl (C=O) groups excluding carboxylic acids is 1. The van der Waals surface area contributed by atoms with Crippen LogP contribution < -0.4 is 5.32 Å². The number of hydrogen-bond acceptors (Lipinski definition) is 4. The predicted octanol–water partition coefficient (Wildman–Crippen LogP) is 7.68. The molecule has 0 heterocycles. The smallest absolute Gasteiger partial charge is 0.337 e. The molecule has 0 spiro atoms. The number of aliphatic hydroxyl groups excluding tert-OH is 1. The molecule has 1 aromatic rings. The van der Waals surface area contributed by atoms with E-state index < -0.39 is 0 Å². The van der Waals surface area contributed by atoms with Crippen LogP contribution in [0.5, 0.6) is 0 Å². The standard InChI is InChI=1S/C37H53NO3/c1-23(2)26-15-20-37(38-21-22-39)31(26)28-13-14-30-34(5)18-16-27(24-9-11-25(12-10-24)32(40)41-8)33(3,4)29(34)17-19-35(30,6)36(28,37)7/h9-12,16,26,28-31,38-39H,1,13-15,17-22H2,2-8H3/t26-,28+,29?,30?,31?,34-,35+,36?,37+/m0/s1. The summed E-state index contributed by atoms with van der Waals surface area (Å²) < 4.78 is 4.93. The van der Waals surface area contributed by atoms with Gasteiger partial charge in [0.25, 0.3) is 0 Å². The van der Waals surface area contributed by atoms with E-state index in [2.05, 4.69) is 71.6 Å². The van der Waals surface area contributed by atoms with E-state index in [-0.39, 0.29) is 39.8 Å². The molecule has 0 amide bonds. The highest BCUT2D eigenvalue weighted by atomic mass is 16.5. The minimum atomic E-state index is -0.280. The summed E-state index contributed by atoms with van der Waals surface area (Å²) >= 11 is 0. The molecule has 41 heavy (non-hydrogen) atoms. The van der Waals surface area contributed by atoms with Crippen molar-refractivity contribution in [2.75, 3.05) is 20.3 Å². The number of allylic oxidation sites excluding steroid dienone is 3. The molecule has 0 aliphatic heterocycles. The number of carbonyl (C=O) groups is 1. The normalized spacial score (nSPS) is 43.9. The molecule has 0 radical (unpaired) electrons. The topological polar surface area (TPSA) is 58.6 Å². The number of ether oxygens (including phenoxy) is 1. The highest BCUT2D eigenvalue weighted by Gasteiger charge is 2.81. The van der Waals surface area contributed by atoms with Crippen molar-refractivity contribution in [3.05, 3.63) is 53.6 Å². The Labute approximate surface area is 248 Å². The Hall–Kier alpha value is -1.91. The average molecular weight is 560 g/mol. The molecule has 0 aromatic heterocycles. The van der Waals surface area contributed by atoms with Gasteiger partial charge in [-0.15, -0.1) is 0 Å². The van der Waals surface area contributed by atoms with Crippen molar-refractivity contribution >= 4 is 11.5 Å². The fraction of sp³-hybridized carbons (Fsp3) is 0.703. The first kappa shape index (κ1) is 29.2. The van der Waals surface area contributed by atoms with Crippen LogP contribution in [0.15, 0.2) is 42.5 Å². The Kier molecular flexibility index (Phi) is 6.79. The lowest BCUT2D eigenvalue weighted by Crippen LogP contribution is -2.82. The average Bonchev–Trinajstić information content (AvgIpc) is 3.28. The lowest BCUT2D eigenvalue weighted by molar-refractivity contribution is -0.293. The van der Waals surface area contributed by atoms with Crippen LogP contribution in [-0.4, -0.2) is 36.9 Å². The zero-order chi connectivity index (χ0) is 29.6. The predicted molar refractivity (Wildman–Crippen MR) is 166 cm³/mol. The third-order valence-electron chi connectivity index (χ3n) is 14.3. The quantitative estimate of drug-likeness (QED) is 0.277. The van der Waals surface area contributed by atoms with Crippen molar-refractivity contribution in [2.45, 2.75) is 92.0 Å². The molecule has 4 saturated carbocycles. The van der Waals surface area contributed by atoms with Crippen LogP contribution in [0.2, 0.25) is 0 Å². The lowest BCUT2D eigenvalue weighted by atomic mass is 9.26. The van der Waals surface area contributed by atoms with Crippen LogP contribution in [0.1, 0.15) is 102 Å². The molecule has 6 rings (SSSR count). The summed E-state index contributed by atoms with van der Waals surface area (Å²) in [6.07, 6.45) is 11.3. The van der Waals surface area contributed by atoms with Crippen molar-refractivity contribution in [3.63, 3.8) is 0 Å². The number of esters is 1. The summed E-state index contributed by atoms with van der Waals surface area (Å²) in [6.45, 7) is 20.5. The Morgan fingerprint density at radius 3 is 2.37 bits per heavy atom. The number of hydrogen-bond donors (Lipinski definition) is 2. The second-order valence-corrected chi connectivity index (χ2v) is 15.7. The fourth-order valence-corrected chi connectivity index (χ4v) is 12.7.